The Morgan fingerprint density at radius 1 is 1.37 bits per heavy atom. The van der Waals surface area contributed by atoms with Crippen molar-refractivity contribution in [3.8, 4) is 0 Å². The summed E-state index contributed by atoms with van der Waals surface area (Å²) in [5.74, 6) is -0.297. The van der Waals surface area contributed by atoms with E-state index in [4.69, 9.17) is 17.3 Å². The van der Waals surface area contributed by atoms with Gasteiger partial charge in [-0.25, -0.2) is 4.39 Å². The third-order valence-corrected chi connectivity index (χ3v) is 3.70. The lowest BCUT2D eigenvalue weighted by Gasteiger charge is -2.33. The number of hydrogen-bond acceptors (Lipinski definition) is 2. The van der Waals surface area contributed by atoms with Crippen LogP contribution in [0.2, 0.25) is 0 Å². The van der Waals surface area contributed by atoms with E-state index in [9.17, 15) is 4.39 Å². The van der Waals surface area contributed by atoms with Crippen molar-refractivity contribution in [1.29, 1.82) is 0 Å². The molecular weight excluding hydrogens is 265 g/mol. The highest BCUT2D eigenvalue weighted by atomic mass is 32.1. The van der Waals surface area contributed by atoms with E-state index in [0.29, 0.717) is 10.8 Å². The number of nitrogens with one attached hydrogen (secondary N) is 2. The Hall–Kier alpha value is -1.24. The third kappa shape index (κ3) is 3.86. The van der Waals surface area contributed by atoms with E-state index in [1.165, 1.54) is 11.0 Å². The second-order valence-corrected chi connectivity index (χ2v) is 5.01. The number of para-hydroxylation sites is 1. The van der Waals surface area contributed by atoms with Gasteiger partial charge in [-0.3, -0.25) is 0 Å². The minimum atomic E-state index is -0.297. The molecule has 0 atom stereocenters. The van der Waals surface area contributed by atoms with Crippen LogP contribution >= 0.6 is 12.2 Å². The maximum absolute atomic E-state index is 13.5. The summed E-state index contributed by atoms with van der Waals surface area (Å²) < 4.78 is 13.5. The highest BCUT2D eigenvalue weighted by molar-refractivity contribution is 7.80. The number of aliphatic hydroxyl groups excluding tert-OH is 1. The number of hydrogen-bond donors (Lipinski definition) is 3. The Balaban J connectivity index is 1.87. The van der Waals surface area contributed by atoms with Gasteiger partial charge in [0.25, 0.3) is 0 Å². The summed E-state index contributed by atoms with van der Waals surface area (Å²) in [7, 11) is 0. The van der Waals surface area contributed by atoms with E-state index in [1.54, 1.807) is 18.2 Å². The third-order valence-electron chi connectivity index (χ3n) is 3.34. The molecule has 1 aromatic rings. The molecule has 0 spiro atoms. The first-order valence-corrected chi connectivity index (χ1v) is 6.86. The molecule has 1 fully saturated rings. The molecule has 4 nitrogen and oxygen atoms in total. The van der Waals surface area contributed by atoms with Crippen molar-refractivity contribution in [1.82, 2.24) is 4.90 Å². The zero-order valence-corrected chi connectivity index (χ0v) is 11.5. The molecular formula is C13H19FN3OS+. The van der Waals surface area contributed by atoms with Crippen molar-refractivity contribution in [2.75, 3.05) is 44.6 Å². The lowest BCUT2D eigenvalue weighted by Crippen LogP contribution is -3.15. The highest BCUT2D eigenvalue weighted by Crippen LogP contribution is 2.13. The number of piperazine rings is 1. The molecule has 0 bridgehead atoms. The monoisotopic (exact) mass is 284 g/mol. The summed E-state index contributed by atoms with van der Waals surface area (Å²) >= 11 is 5.31. The van der Waals surface area contributed by atoms with Crippen LogP contribution in [-0.4, -0.2) is 54.4 Å². The molecule has 0 saturated carbocycles. The first-order chi connectivity index (χ1) is 9.20. The van der Waals surface area contributed by atoms with E-state index < -0.39 is 0 Å². The standard InChI is InChI=1S/C13H18FN3OS/c14-11-3-1-2-4-12(11)15-13(19)17-7-5-16(6-8-17)9-10-18/h1-4,18H,5-10H2,(H,15,19)/p+1. The molecule has 104 valence electrons. The topological polar surface area (TPSA) is 39.9 Å². The van der Waals surface area contributed by atoms with E-state index in [-0.39, 0.29) is 12.4 Å². The number of benzene rings is 1. The lowest BCUT2D eigenvalue weighted by atomic mass is 10.3. The maximum Gasteiger partial charge on any atom is 0.173 e. The van der Waals surface area contributed by atoms with Crippen LogP contribution < -0.4 is 10.2 Å². The van der Waals surface area contributed by atoms with Gasteiger partial charge in [-0.2, -0.15) is 0 Å². The minimum absolute atomic E-state index is 0.216. The molecule has 0 aromatic heterocycles. The molecule has 3 N–H and O–H groups in total. The second kappa shape index (κ2) is 6.79. The zero-order chi connectivity index (χ0) is 13.7. The average molecular weight is 284 g/mol. The van der Waals surface area contributed by atoms with Crippen LogP contribution in [0.3, 0.4) is 0 Å². The number of halogens is 1. The van der Waals surface area contributed by atoms with Crippen molar-refractivity contribution in [3.63, 3.8) is 0 Å². The molecule has 0 amide bonds. The van der Waals surface area contributed by atoms with E-state index in [1.807, 2.05) is 4.90 Å². The summed E-state index contributed by atoms with van der Waals surface area (Å²) in [5, 5.41) is 12.4. The maximum atomic E-state index is 13.5. The van der Waals surface area contributed by atoms with Crippen molar-refractivity contribution in [3.05, 3.63) is 30.1 Å². The van der Waals surface area contributed by atoms with Gasteiger partial charge >= 0.3 is 0 Å². The molecule has 6 heteroatoms. The fourth-order valence-electron chi connectivity index (χ4n) is 2.19. The molecule has 1 heterocycles. The van der Waals surface area contributed by atoms with E-state index >= 15 is 0 Å². The fraction of sp³-hybridized carbons (Fsp3) is 0.462. The van der Waals surface area contributed by atoms with Crippen LogP contribution in [0, 0.1) is 5.82 Å². The minimum Gasteiger partial charge on any atom is -0.391 e. The average Bonchev–Trinajstić information content (AvgIpc) is 2.42. The molecule has 0 unspecified atom stereocenters. The molecule has 2 rings (SSSR count). The summed E-state index contributed by atoms with van der Waals surface area (Å²) in [6, 6.07) is 6.52. The Morgan fingerprint density at radius 3 is 2.68 bits per heavy atom. The first kappa shape index (κ1) is 14.2. The Morgan fingerprint density at radius 2 is 2.05 bits per heavy atom. The first-order valence-electron chi connectivity index (χ1n) is 6.45. The fourth-order valence-corrected chi connectivity index (χ4v) is 2.48. The quantitative estimate of drug-likeness (QED) is 0.668. The van der Waals surface area contributed by atoms with Gasteiger partial charge in [-0.15, -0.1) is 0 Å². The van der Waals surface area contributed by atoms with E-state index in [0.717, 1.165) is 32.7 Å². The summed E-state index contributed by atoms with van der Waals surface area (Å²) in [6.07, 6.45) is 0. The smallest absolute Gasteiger partial charge is 0.173 e. The summed E-state index contributed by atoms with van der Waals surface area (Å²) in [6.45, 7) is 4.54. The highest BCUT2D eigenvalue weighted by Gasteiger charge is 2.21. The second-order valence-electron chi connectivity index (χ2n) is 4.62. The largest absolute Gasteiger partial charge is 0.391 e. The van der Waals surface area contributed by atoms with Crippen molar-refractivity contribution < 1.29 is 14.4 Å². The van der Waals surface area contributed by atoms with Gasteiger partial charge in [0.15, 0.2) is 5.11 Å². The summed E-state index contributed by atoms with van der Waals surface area (Å²) in [5.41, 5.74) is 0.414. The van der Waals surface area contributed by atoms with Gasteiger partial charge in [0, 0.05) is 0 Å². The van der Waals surface area contributed by atoms with Gasteiger partial charge in [-0.05, 0) is 24.4 Å². The number of thiocarbonyl (C=S) groups is 1. The van der Waals surface area contributed by atoms with Crippen molar-refractivity contribution >= 4 is 23.0 Å². The molecule has 19 heavy (non-hydrogen) atoms. The van der Waals surface area contributed by atoms with E-state index in [2.05, 4.69) is 5.32 Å². The van der Waals surface area contributed by atoms with Crippen LogP contribution in [0.1, 0.15) is 0 Å². The van der Waals surface area contributed by atoms with Gasteiger partial charge in [0.05, 0.1) is 38.5 Å². The van der Waals surface area contributed by atoms with Gasteiger partial charge in [0.2, 0.25) is 0 Å². The normalized spacial score (nSPS) is 16.4. The van der Waals surface area contributed by atoms with Crippen LogP contribution in [-0.2, 0) is 0 Å². The lowest BCUT2D eigenvalue weighted by molar-refractivity contribution is -0.904. The van der Waals surface area contributed by atoms with Gasteiger partial charge in [-0.1, -0.05) is 12.1 Å². The molecule has 1 saturated heterocycles. The molecule has 0 radical (unpaired) electrons. The number of quaternary nitrogens is 1. The predicted octanol–water partition coefficient (Wildman–Crippen LogP) is -0.285. The SMILES string of the molecule is OCC[NH+]1CCN(C(=S)Nc2ccccc2F)CC1. The summed E-state index contributed by atoms with van der Waals surface area (Å²) in [4.78, 5) is 3.43. The Labute approximate surface area is 117 Å². The van der Waals surface area contributed by atoms with Gasteiger partial charge < -0.3 is 20.2 Å². The van der Waals surface area contributed by atoms with Crippen LogP contribution in [0.25, 0.3) is 0 Å². The molecule has 1 aromatic carbocycles. The molecule has 0 aliphatic carbocycles. The number of anilines is 1. The zero-order valence-electron chi connectivity index (χ0n) is 10.7. The van der Waals surface area contributed by atoms with Crippen LogP contribution in [0.4, 0.5) is 10.1 Å². The van der Waals surface area contributed by atoms with Crippen molar-refractivity contribution in [2.24, 2.45) is 0 Å². The number of rotatable bonds is 3. The van der Waals surface area contributed by atoms with Crippen LogP contribution in [0.15, 0.2) is 24.3 Å². The Bertz CT molecular complexity index is 436. The Kier molecular flexibility index (Phi) is 5.07. The van der Waals surface area contributed by atoms with Crippen LogP contribution in [0.5, 0.6) is 0 Å². The molecule has 1 aliphatic heterocycles. The number of aliphatic hydroxyl groups is 1. The predicted molar refractivity (Wildman–Crippen MR) is 76.8 cm³/mol. The van der Waals surface area contributed by atoms with Crippen molar-refractivity contribution in [2.45, 2.75) is 0 Å². The molecule has 1 aliphatic rings. The van der Waals surface area contributed by atoms with Gasteiger partial charge in [0.1, 0.15) is 12.4 Å². The number of nitrogens with zero attached hydrogens (tertiary/aromatic N) is 1.